The molecule has 0 aromatic heterocycles. The molecule has 0 spiro atoms. The molecular weight excluding hydrogens is 364 g/mol. The van der Waals surface area contributed by atoms with Crippen molar-refractivity contribution in [2.75, 3.05) is 0 Å². The summed E-state index contributed by atoms with van der Waals surface area (Å²) in [4.78, 5) is 23.6. The van der Waals surface area contributed by atoms with Crippen molar-refractivity contribution in [2.24, 2.45) is 10.2 Å². The molecule has 0 bridgehead atoms. The first-order chi connectivity index (χ1) is 14.1. The van der Waals surface area contributed by atoms with Gasteiger partial charge in [0.25, 0.3) is 0 Å². The normalized spacial score (nSPS) is 11.1. The van der Waals surface area contributed by atoms with Crippen molar-refractivity contribution in [3.8, 4) is 0 Å². The second-order valence-electron chi connectivity index (χ2n) is 6.63. The average Bonchev–Trinajstić information content (AvgIpc) is 2.75. The van der Waals surface area contributed by atoms with Gasteiger partial charge in [-0.1, -0.05) is 62.4 Å². The summed E-state index contributed by atoms with van der Waals surface area (Å²) in [6, 6.07) is 16.0. The van der Waals surface area contributed by atoms with E-state index in [1.54, 1.807) is 12.4 Å². The Kier molecular flexibility index (Phi) is 9.29. The minimum absolute atomic E-state index is 0.223. The van der Waals surface area contributed by atoms with Gasteiger partial charge in [0, 0.05) is 12.8 Å². The van der Waals surface area contributed by atoms with Crippen LogP contribution in [0.4, 0.5) is 0 Å². The average molecular weight is 393 g/mol. The standard InChI is InChI=1S/C23H28N4O2/c1-3-18-8-12-20(13-9-18)16-24-26-22(28)6-5-7-23(29)27-25-17-21-14-10-19(4-2)11-15-21/h8-17H,3-7H2,1-2H3,(H,26,28)(H,27,29). The third kappa shape index (κ3) is 8.51. The highest BCUT2D eigenvalue weighted by molar-refractivity contribution is 5.84. The van der Waals surface area contributed by atoms with Gasteiger partial charge in [0.05, 0.1) is 12.4 Å². The van der Waals surface area contributed by atoms with Crippen LogP contribution >= 0.6 is 0 Å². The topological polar surface area (TPSA) is 82.9 Å². The predicted octanol–water partition coefficient (Wildman–Crippen LogP) is 3.58. The number of aryl methyl sites for hydroxylation is 2. The van der Waals surface area contributed by atoms with E-state index in [2.05, 4.69) is 34.9 Å². The quantitative estimate of drug-likeness (QED) is 0.478. The number of carbonyl (C=O) groups excluding carboxylic acids is 2. The first kappa shape index (κ1) is 22.0. The van der Waals surface area contributed by atoms with Crippen LogP contribution in [-0.2, 0) is 22.4 Å². The van der Waals surface area contributed by atoms with Crippen LogP contribution in [-0.4, -0.2) is 24.2 Å². The maximum atomic E-state index is 11.8. The molecular formula is C23H28N4O2. The molecule has 2 rings (SSSR count). The number of carbonyl (C=O) groups is 2. The first-order valence-corrected chi connectivity index (χ1v) is 9.92. The summed E-state index contributed by atoms with van der Waals surface area (Å²) >= 11 is 0. The number of hydrazone groups is 2. The second kappa shape index (κ2) is 12.2. The monoisotopic (exact) mass is 392 g/mol. The Morgan fingerprint density at radius 1 is 0.724 bits per heavy atom. The van der Waals surface area contributed by atoms with Gasteiger partial charge in [0.1, 0.15) is 0 Å². The lowest BCUT2D eigenvalue weighted by molar-refractivity contribution is -0.122. The zero-order chi connectivity index (χ0) is 20.9. The minimum Gasteiger partial charge on any atom is -0.273 e. The SMILES string of the molecule is CCc1ccc(C=NNC(=O)CCCC(=O)NN=Cc2ccc(CC)cc2)cc1. The Morgan fingerprint density at radius 3 is 1.45 bits per heavy atom. The van der Waals surface area contributed by atoms with Crippen LogP contribution in [0.5, 0.6) is 0 Å². The second-order valence-corrected chi connectivity index (χ2v) is 6.63. The number of hydrogen-bond acceptors (Lipinski definition) is 4. The van der Waals surface area contributed by atoms with Crippen molar-refractivity contribution in [1.29, 1.82) is 0 Å². The van der Waals surface area contributed by atoms with Crippen molar-refractivity contribution in [1.82, 2.24) is 10.9 Å². The smallest absolute Gasteiger partial charge is 0.240 e. The fourth-order valence-electron chi connectivity index (χ4n) is 2.56. The maximum absolute atomic E-state index is 11.8. The predicted molar refractivity (Wildman–Crippen MR) is 117 cm³/mol. The molecule has 2 aromatic rings. The highest BCUT2D eigenvalue weighted by Gasteiger charge is 2.04. The number of rotatable bonds is 10. The van der Waals surface area contributed by atoms with Gasteiger partial charge in [0.2, 0.25) is 11.8 Å². The summed E-state index contributed by atoms with van der Waals surface area (Å²) < 4.78 is 0. The van der Waals surface area contributed by atoms with Crippen LogP contribution in [0.3, 0.4) is 0 Å². The van der Waals surface area contributed by atoms with Gasteiger partial charge < -0.3 is 0 Å². The van der Waals surface area contributed by atoms with E-state index in [9.17, 15) is 9.59 Å². The molecule has 0 fully saturated rings. The molecule has 6 heteroatoms. The van der Waals surface area contributed by atoms with Gasteiger partial charge in [-0.3, -0.25) is 9.59 Å². The Labute approximate surface area is 172 Å². The zero-order valence-electron chi connectivity index (χ0n) is 17.0. The third-order valence-electron chi connectivity index (χ3n) is 4.39. The summed E-state index contributed by atoms with van der Waals surface area (Å²) in [5.41, 5.74) is 9.30. The van der Waals surface area contributed by atoms with Crippen LogP contribution in [0.25, 0.3) is 0 Å². The van der Waals surface area contributed by atoms with Gasteiger partial charge in [0.15, 0.2) is 0 Å². The molecule has 152 valence electrons. The highest BCUT2D eigenvalue weighted by Crippen LogP contribution is 2.04. The van der Waals surface area contributed by atoms with E-state index in [1.807, 2.05) is 48.5 Å². The highest BCUT2D eigenvalue weighted by atomic mass is 16.2. The van der Waals surface area contributed by atoms with Crippen molar-refractivity contribution in [3.63, 3.8) is 0 Å². The van der Waals surface area contributed by atoms with E-state index in [-0.39, 0.29) is 24.7 Å². The van der Waals surface area contributed by atoms with Gasteiger partial charge in [-0.25, -0.2) is 10.9 Å². The van der Waals surface area contributed by atoms with E-state index in [1.165, 1.54) is 11.1 Å². The molecule has 2 N–H and O–H groups in total. The summed E-state index contributed by atoms with van der Waals surface area (Å²) in [6.45, 7) is 4.20. The molecule has 2 aromatic carbocycles. The summed E-state index contributed by atoms with van der Waals surface area (Å²) in [6.07, 6.45) is 6.05. The number of nitrogens with zero attached hydrogens (tertiary/aromatic N) is 2. The number of amides is 2. The van der Waals surface area contributed by atoms with Crippen molar-refractivity contribution in [3.05, 3.63) is 70.8 Å². The molecule has 0 saturated carbocycles. The maximum Gasteiger partial charge on any atom is 0.240 e. The summed E-state index contributed by atoms with van der Waals surface area (Å²) in [5, 5.41) is 7.88. The fraction of sp³-hybridized carbons (Fsp3) is 0.304. The molecule has 0 radical (unpaired) electrons. The Bertz CT molecular complexity index is 769. The molecule has 6 nitrogen and oxygen atoms in total. The molecule has 0 aliphatic heterocycles. The molecule has 0 atom stereocenters. The van der Waals surface area contributed by atoms with Crippen LogP contribution < -0.4 is 10.9 Å². The van der Waals surface area contributed by atoms with Crippen LogP contribution in [0.1, 0.15) is 55.4 Å². The number of benzene rings is 2. The molecule has 0 aliphatic carbocycles. The van der Waals surface area contributed by atoms with Crippen molar-refractivity contribution >= 4 is 24.2 Å². The van der Waals surface area contributed by atoms with Crippen molar-refractivity contribution < 1.29 is 9.59 Å². The lowest BCUT2D eigenvalue weighted by Gasteiger charge is -2.01. The molecule has 0 saturated heterocycles. The largest absolute Gasteiger partial charge is 0.273 e. The van der Waals surface area contributed by atoms with Crippen LogP contribution in [0, 0.1) is 0 Å². The van der Waals surface area contributed by atoms with Crippen LogP contribution in [0.2, 0.25) is 0 Å². The van der Waals surface area contributed by atoms with Gasteiger partial charge in [-0.05, 0) is 41.5 Å². The van der Waals surface area contributed by atoms with Crippen LogP contribution in [0.15, 0.2) is 58.7 Å². The van der Waals surface area contributed by atoms with Gasteiger partial charge in [-0.15, -0.1) is 0 Å². The van der Waals surface area contributed by atoms with E-state index in [0.717, 1.165) is 24.0 Å². The Balaban J connectivity index is 1.62. The molecule has 2 amide bonds. The lowest BCUT2D eigenvalue weighted by atomic mass is 10.1. The van der Waals surface area contributed by atoms with E-state index >= 15 is 0 Å². The van der Waals surface area contributed by atoms with Gasteiger partial charge >= 0.3 is 0 Å². The van der Waals surface area contributed by atoms with Gasteiger partial charge in [-0.2, -0.15) is 10.2 Å². The first-order valence-electron chi connectivity index (χ1n) is 9.92. The molecule has 0 unspecified atom stereocenters. The third-order valence-corrected chi connectivity index (χ3v) is 4.39. The van der Waals surface area contributed by atoms with E-state index < -0.39 is 0 Å². The Hall–Kier alpha value is -3.28. The fourth-order valence-corrected chi connectivity index (χ4v) is 2.56. The van der Waals surface area contributed by atoms with E-state index in [0.29, 0.717) is 6.42 Å². The minimum atomic E-state index is -0.223. The van der Waals surface area contributed by atoms with Crippen molar-refractivity contribution in [2.45, 2.75) is 46.0 Å². The number of hydrogen-bond donors (Lipinski definition) is 2. The Morgan fingerprint density at radius 2 is 1.10 bits per heavy atom. The van der Waals surface area contributed by atoms with E-state index in [4.69, 9.17) is 0 Å². The molecule has 29 heavy (non-hydrogen) atoms. The zero-order valence-corrected chi connectivity index (χ0v) is 17.0. The summed E-state index contributed by atoms with van der Waals surface area (Å²) in [5.74, 6) is -0.447. The summed E-state index contributed by atoms with van der Waals surface area (Å²) in [7, 11) is 0. The number of nitrogens with one attached hydrogen (secondary N) is 2. The molecule has 0 heterocycles. The molecule has 0 aliphatic rings. The lowest BCUT2D eigenvalue weighted by Crippen LogP contribution is -2.20.